The fourth-order valence-electron chi connectivity index (χ4n) is 3.56. The Morgan fingerprint density at radius 1 is 1.00 bits per heavy atom. The van der Waals surface area contributed by atoms with Crippen molar-refractivity contribution in [2.45, 2.75) is 52.0 Å². The van der Waals surface area contributed by atoms with E-state index >= 15 is 0 Å². The van der Waals surface area contributed by atoms with Crippen molar-refractivity contribution in [1.82, 2.24) is 9.80 Å². The molecule has 17 heavy (non-hydrogen) atoms. The predicted octanol–water partition coefficient (Wildman–Crippen LogP) is 2.84. The topological polar surface area (TPSA) is 6.48 Å². The zero-order chi connectivity index (χ0) is 12.3. The molecule has 1 aliphatic heterocycles. The summed E-state index contributed by atoms with van der Waals surface area (Å²) < 4.78 is 0. The van der Waals surface area contributed by atoms with Crippen LogP contribution in [0.4, 0.5) is 0 Å². The van der Waals surface area contributed by atoms with E-state index in [0.29, 0.717) is 0 Å². The van der Waals surface area contributed by atoms with E-state index in [4.69, 9.17) is 0 Å². The lowest BCUT2D eigenvalue weighted by Crippen LogP contribution is -2.50. The zero-order valence-corrected chi connectivity index (χ0v) is 12.0. The molecule has 2 fully saturated rings. The first-order valence-corrected chi connectivity index (χ1v) is 7.63. The van der Waals surface area contributed by atoms with Crippen LogP contribution in [0.25, 0.3) is 0 Å². The number of nitrogens with zero attached hydrogens (tertiary/aromatic N) is 2. The van der Waals surface area contributed by atoms with E-state index < -0.39 is 0 Å². The van der Waals surface area contributed by atoms with Gasteiger partial charge in [-0.2, -0.15) is 0 Å². The molecule has 0 aromatic rings. The second kappa shape index (κ2) is 6.19. The Kier molecular flexibility index (Phi) is 4.87. The van der Waals surface area contributed by atoms with Crippen molar-refractivity contribution in [1.29, 1.82) is 0 Å². The Bertz CT molecular complexity index is 213. The van der Waals surface area contributed by atoms with Crippen molar-refractivity contribution in [3.63, 3.8) is 0 Å². The van der Waals surface area contributed by atoms with Gasteiger partial charge in [0.2, 0.25) is 0 Å². The van der Waals surface area contributed by atoms with Gasteiger partial charge in [-0.1, -0.05) is 20.3 Å². The largest absolute Gasteiger partial charge is 0.304 e. The summed E-state index contributed by atoms with van der Waals surface area (Å²) in [6, 6.07) is 0.906. The number of piperazine rings is 1. The second-order valence-corrected chi connectivity index (χ2v) is 6.29. The van der Waals surface area contributed by atoms with E-state index in [9.17, 15) is 0 Å². The molecule has 2 nitrogen and oxygen atoms in total. The minimum absolute atomic E-state index is 0.906. The van der Waals surface area contributed by atoms with Crippen LogP contribution in [-0.2, 0) is 0 Å². The maximum absolute atomic E-state index is 2.76. The Morgan fingerprint density at radius 2 is 1.59 bits per heavy atom. The molecule has 1 saturated carbocycles. The molecular formula is C15H30N2. The van der Waals surface area contributed by atoms with Gasteiger partial charge >= 0.3 is 0 Å². The monoisotopic (exact) mass is 238 g/mol. The van der Waals surface area contributed by atoms with Gasteiger partial charge in [-0.05, 0) is 44.6 Å². The second-order valence-electron chi connectivity index (χ2n) is 6.29. The first kappa shape index (κ1) is 13.4. The molecule has 0 N–H and O–H groups in total. The Labute approximate surface area is 107 Å². The van der Waals surface area contributed by atoms with Crippen LogP contribution in [0, 0.1) is 11.8 Å². The summed E-state index contributed by atoms with van der Waals surface area (Å²) >= 11 is 0. The minimum Gasteiger partial charge on any atom is -0.304 e. The normalized spacial score (nSPS) is 34.8. The Balaban J connectivity index is 1.75. The quantitative estimate of drug-likeness (QED) is 0.746. The third-order valence-corrected chi connectivity index (χ3v) is 5.24. The number of hydrogen-bond donors (Lipinski definition) is 0. The Hall–Kier alpha value is -0.0800. The van der Waals surface area contributed by atoms with E-state index in [-0.39, 0.29) is 0 Å². The first-order valence-electron chi connectivity index (χ1n) is 7.63. The van der Waals surface area contributed by atoms with Crippen molar-refractivity contribution < 1.29 is 0 Å². The summed E-state index contributed by atoms with van der Waals surface area (Å²) in [7, 11) is 2.25. The molecule has 100 valence electrons. The molecule has 0 radical (unpaired) electrons. The van der Waals surface area contributed by atoms with Crippen molar-refractivity contribution in [3.8, 4) is 0 Å². The third kappa shape index (κ3) is 3.45. The highest BCUT2D eigenvalue weighted by Crippen LogP contribution is 2.33. The summed E-state index contributed by atoms with van der Waals surface area (Å²) in [5.41, 5.74) is 0. The molecule has 1 aliphatic carbocycles. The van der Waals surface area contributed by atoms with Gasteiger partial charge in [-0.3, -0.25) is 4.90 Å². The highest BCUT2D eigenvalue weighted by Gasteiger charge is 2.29. The van der Waals surface area contributed by atoms with E-state index in [0.717, 1.165) is 17.9 Å². The predicted molar refractivity (Wildman–Crippen MR) is 74.3 cm³/mol. The van der Waals surface area contributed by atoms with Gasteiger partial charge in [0.15, 0.2) is 0 Å². The number of likely N-dealkylation sites (N-methyl/N-ethyl adjacent to an activating group) is 1. The maximum atomic E-state index is 2.76. The molecule has 0 bridgehead atoms. The SMILES string of the molecule is CCC(C)C1CCC(N2CCN(C)CC2)CC1. The van der Waals surface area contributed by atoms with Crippen LogP contribution in [0.3, 0.4) is 0 Å². The lowest BCUT2D eigenvalue weighted by atomic mass is 9.77. The number of hydrogen-bond acceptors (Lipinski definition) is 2. The molecule has 0 aromatic heterocycles. The lowest BCUT2D eigenvalue weighted by Gasteiger charge is -2.42. The highest BCUT2D eigenvalue weighted by molar-refractivity contribution is 4.83. The molecule has 2 heteroatoms. The summed E-state index contributed by atoms with van der Waals surface area (Å²) in [6.45, 7) is 9.93. The Morgan fingerprint density at radius 3 is 2.12 bits per heavy atom. The summed E-state index contributed by atoms with van der Waals surface area (Å²) in [4.78, 5) is 5.22. The van der Waals surface area contributed by atoms with Crippen molar-refractivity contribution in [2.75, 3.05) is 33.2 Å². The van der Waals surface area contributed by atoms with E-state index in [1.165, 1.54) is 58.3 Å². The van der Waals surface area contributed by atoms with Crippen LogP contribution in [0.1, 0.15) is 46.0 Å². The van der Waals surface area contributed by atoms with Crippen LogP contribution < -0.4 is 0 Å². The van der Waals surface area contributed by atoms with Crippen LogP contribution in [0.5, 0.6) is 0 Å². The zero-order valence-electron chi connectivity index (χ0n) is 12.0. The highest BCUT2D eigenvalue weighted by atomic mass is 15.3. The van der Waals surface area contributed by atoms with Gasteiger partial charge in [0.25, 0.3) is 0 Å². The van der Waals surface area contributed by atoms with E-state index in [1.807, 2.05) is 0 Å². The molecule has 1 saturated heterocycles. The van der Waals surface area contributed by atoms with Crippen LogP contribution in [0.2, 0.25) is 0 Å². The van der Waals surface area contributed by atoms with Crippen LogP contribution in [0.15, 0.2) is 0 Å². The van der Waals surface area contributed by atoms with Crippen molar-refractivity contribution >= 4 is 0 Å². The summed E-state index contributed by atoms with van der Waals surface area (Å²) in [5.74, 6) is 1.96. The average Bonchev–Trinajstić information content (AvgIpc) is 2.39. The molecule has 0 aromatic carbocycles. The van der Waals surface area contributed by atoms with Crippen LogP contribution in [-0.4, -0.2) is 49.1 Å². The van der Waals surface area contributed by atoms with Gasteiger partial charge in [0, 0.05) is 32.2 Å². The van der Waals surface area contributed by atoms with Gasteiger partial charge < -0.3 is 4.90 Å². The number of rotatable bonds is 3. The standard InChI is InChI=1S/C15H30N2/c1-4-13(2)14-5-7-15(8-6-14)17-11-9-16(3)10-12-17/h13-15H,4-12H2,1-3H3. The minimum atomic E-state index is 0.906. The summed E-state index contributed by atoms with van der Waals surface area (Å²) in [6.07, 6.45) is 7.24. The lowest BCUT2D eigenvalue weighted by molar-refractivity contribution is 0.0736. The van der Waals surface area contributed by atoms with E-state index in [1.54, 1.807) is 0 Å². The fourth-order valence-corrected chi connectivity index (χ4v) is 3.56. The van der Waals surface area contributed by atoms with Crippen molar-refractivity contribution in [2.24, 2.45) is 11.8 Å². The molecule has 2 aliphatic rings. The fraction of sp³-hybridized carbons (Fsp3) is 1.00. The van der Waals surface area contributed by atoms with E-state index in [2.05, 4.69) is 30.7 Å². The molecule has 2 rings (SSSR count). The summed E-state index contributed by atoms with van der Waals surface area (Å²) in [5, 5.41) is 0. The molecule has 1 heterocycles. The molecular weight excluding hydrogens is 208 g/mol. The molecule has 1 atom stereocenters. The van der Waals surface area contributed by atoms with Gasteiger partial charge in [-0.25, -0.2) is 0 Å². The van der Waals surface area contributed by atoms with Gasteiger partial charge in [-0.15, -0.1) is 0 Å². The maximum Gasteiger partial charge on any atom is 0.0113 e. The molecule has 0 spiro atoms. The van der Waals surface area contributed by atoms with Crippen molar-refractivity contribution in [3.05, 3.63) is 0 Å². The van der Waals surface area contributed by atoms with Gasteiger partial charge in [0.1, 0.15) is 0 Å². The third-order valence-electron chi connectivity index (χ3n) is 5.24. The average molecular weight is 238 g/mol. The van der Waals surface area contributed by atoms with Crippen LogP contribution >= 0.6 is 0 Å². The first-order chi connectivity index (χ1) is 8.20. The molecule has 0 amide bonds. The molecule has 1 unspecified atom stereocenters. The smallest absolute Gasteiger partial charge is 0.0113 e. The van der Waals surface area contributed by atoms with Gasteiger partial charge in [0.05, 0.1) is 0 Å².